The third-order valence-corrected chi connectivity index (χ3v) is 5.30. The molecule has 3 aromatic rings. The van der Waals surface area contributed by atoms with Crippen LogP contribution in [-0.2, 0) is 16.9 Å². The van der Waals surface area contributed by atoms with E-state index in [1.165, 1.54) is 23.5 Å². The summed E-state index contributed by atoms with van der Waals surface area (Å²) < 4.78 is 68.3. The van der Waals surface area contributed by atoms with Crippen LogP contribution < -0.4 is 16.0 Å². The molecule has 1 aromatic heterocycles. The number of hydrogen-bond acceptors (Lipinski definition) is 3. The van der Waals surface area contributed by atoms with Crippen LogP contribution in [0.5, 0.6) is 0 Å². The number of carbonyl (C=O) groups excluding carboxylic acids is 2. The number of urea groups is 1. The summed E-state index contributed by atoms with van der Waals surface area (Å²) in [5.41, 5.74) is -0.772. The summed E-state index contributed by atoms with van der Waals surface area (Å²) in [5.74, 6) is -5.38. The zero-order chi connectivity index (χ0) is 25.1. The number of benzene rings is 2. The van der Waals surface area contributed by atoms with E-state index >= 15 is 0 Å². The van der Waals surface area contributed by atoms with Gasteiger partial charge in [-0.2, -0.15) is 33.3 Å². The number of hydrogen-bond donors (Lipinski definition) is 3. The summed E-state index contributed by atoms with van der Waals surface area (Å²) in [7, 11) is 0. The lowest BCUT2D eigenvalue weighted by Crippen LogP contribution is -2.41. The average Bonchev–Trinajstić information content (AvgIpc) is 3.27. The van der Waals surface area contributed by atoms with Gasteiger partial charge in [0.25, 0.3) is 5.91 Å². The molecule has 0 unspecified atom stereocenters. The zero-order valence-electron chi connectivity index (χ0n) is 18.0. The van der Waals surface area contributed by atoms with Crippen molar-refractivity contribution in [1.82, 2.24) is 5.32 Å². The normalized spacial score (nSPS) is 11.9. The van der Waals surface area contributed by atoms with Crippen molar-refractivity contribution in [3.63, 3.8) is 0 Å². The maximum Gasteiger partial charge on any atom is 0.416 e. The van der Waals surface area contributed by atoms with E-state index in [1.807, 2.05) is 0 Å². The first-order chi connectivity index (χ1) is 15.9. The molecular formula is C23H20F5N3O2S. The molecule has 0 bridgehead atoms. The van der Waals surface area contributed by atoms with Crippen molar-refractivity contribution in [2.24, 2.45) is 0 Å². The predicted octanol–water partition coefficient (Wildman–Crippen LogP) is 6.69. The molecule has 3 N–H and O–H groups in total. The van der Waals surface area contributed by atoms with E-state index in [0.717, 1.165) is 30.3 Å². The second-order valence-corrected chi connectivity index (χ2v) is 8.41. The van der Waals surface area contributed by atoms with Crippen molar-refractivity contribution in [3.05, 3.63) is 70.4 Å². The molecule has 11 heteroatoms. The van der Waals surface area contributed by atoms with Gasteiger partial charge in [0.1, 0.15) is 0 Å². The van der Waals surface area contributed by atoms with Crippen LogP contribution in [0, 0.1) is 0 Å². The molecular weight excluding hydrogens is 477 g/mol. The third-order valence-electron chi connectivity index (χ3n) is 4.62. The van der Waals surface area contributed by atoms with E-state index in [2.05, 4.69) is 16.0 Å². The number of carbonyl (C=O) groups is 2. The highest BCUT2D eigenvalue weighted by molar-refractivity contribution is 7.08. The van der Waals surface area contributed by atoms with Crippen molar-refractivity contribution < 1.29 is 31.5 Å². The van der Waals surface area contributed by atoms with E-state index in [0.29, 0.717) is 11.1 Å². The smallest absolute Gasteiger partial charge is 0.348 e. The van der Waals surface area contributed by atoms with Gasteiger partial charge in [0.05, 0.1) is 11.3 Å². The minimum Gasteiger partial charge on any atom is -0.348 e. The Balaban J connectivity index is 1.92. The molecule has 0 spiro atoms. The molecule has 0 aliphatic rings. The fourth-order valence-electron chi connectivity index (χ4n) is 3.05. The molecule has 180 valence electrons. The Morgan fingerprint density at radius 3 is 2.26 bits per heavy atom. The van der Waals surface area contributed by atoms with Crippen molar-refractivity contribution >= 4 is 34.6 Å². The molecule has 34 heavy (non-hydrogen) atoms. The molecule has 1 heterocycles. The largest absolute Gasteiger partial charge is 0.416 e. The Bertz CT molecular complexity index is 1180. The molecule has 0 atom stereocenters. The van der Waals surface area contributed by atoms with Crippen LogP contribution in [0.25, 0.3) is 11.1 Å². The average molecular weight is 497 g/mol. The lowest BCUT2D eigenvalue weighted by molar-refractivity contribution is -0.147. The van der Waals surface area contributed by atoms with Crippen LogP contribution in [0.4, 0.5) is 38.1 Å². The molecule has 5 nitrogen and oxygen atoms in total. The Labute approximate surface area is 196 Å². The van der Waals surface area contributed by atoms with Crippen molar-refractivity contribution in [1.29, 1.82) is 0 Å². The summed E-state index contributed by atoms with van der Waals surface area (Å²) in [6.45, 7) is 3.08. The quantitative estimate of drug-likeness (QED) is 0.332. The SMILES string of the molecule is CC(C)NC(=O)C(F)(F)c1ccc(-c2ccsc2)c(NC(=O)Nc2cccc(C(F)(F)F)c2)c1. The minimum atomic E-state index is -4.60. The molecule has 0 radical (unpaired) electrons. The van der Waals surface area contributed by atoms with Gasteiger partial charge in [0.15, 0.2) is 0 Å². The molecule has 3 rings (SSSR count). The summed E-state index contributed by atoms with van der Waals surface area (Å²) in [6.07, 6.45) is -4.60. The predicted molar refractivity (Wildman–Crippen MR) is 121 cm³/mol. The number of rotatable bonds is 6. The maximum absolute atomic E-state index is 14.8. The number of anilines is 2. The van der Waals surface area contributed by atoms with Gasteiger partial charge in [0.2, 0.25) is 0 Å². The van der Waals surface area contributed by atoms with Gasteiger partial charge in [-0.25, -0.2) is 4.79 Å². The lowest BCUT2D eigenvalue weighted by Gasteiger charge is -2.20. The fourth-order valence-corrected chi connectivity index (χ4v) is 3.71. The Morgan fingerprint density at radius 2 is 1.65 bits per heavy atom. The number of nitrogens with one attached hydrogen (secondary N) is 3. The number of thiophene rings is 1. The first kappa shape index (κ1) is 25.2. The van der Waals surface area contributed by atoms with Gasteiger partial charge in [-0.05, 0) is 60.5 Å². The second-order valence-electron chi connectivity index (χ2n) is 7.63. The van der Waals surface area contributed by atoms with E-state index in [-0.39, 0.29) is 11.4 Å². The molecule has 2 aromatic carbocycles. The van der Waals surface area contributed by atoms with Crippen LogP contribution in [-0.4, -0.2) is 18.0 Å². The molecule has 0 saturated heterocycles. The van der Waals surface area contributed by atoms with Gasteiger partial charge in [-0.15, -0.1) is 0 Å². The van der Waals surface area contributed by atoms with Gasteiger partial charge in [-0.1, -0.05) is 18.2 Å². The van der Waals surface area contributed by atoms with Crippen LogP contribution in [0.1, 0.15) is 25.0 Å². The highest BCUT2D eigenvalue weighted by Gasteiger charge is 2.41. The summed E-state index contributed by atoms with van der Waals surface area (Å²) >= 11 is 1.34. The van der Waals surface area contributed by atoms with E-state index in [1.54, 1.807) is 30.7 Å². The molecule has 0 fully saturated rings. The lowest BCUT2D eigenvalue weighted by atomic mass is 10.00. The van der Waals surface area contributed by atoms with Gasteiger partial charge in [-0.3, -0.25) is 4.79 Å². The van der Waals surface area contributed by atoms with Gasteiger partial charge in [0, 0.05) is 22.9 Å². The zero-order valence-corrected chi connectivity index (χ0v) is 18.8. The third kappa shape index (κ3) is 5.90. The minimum absolute atomic E-state index is 0.0441. The Morgan fingerprint density at radius 1 is 0.912 bits per heavy atom. The van der Waals surface area contributed by atoms with Crippen molar-refractivity contribution in [3.8, 4) is 11.1 Å². The Hall–Kier alpha value is -3.47. The first-order valence-electron chi connectivity index (χ1n) is 9.99. The molecule has 0 aliphatic carbocycles. The fraction of sp³-hybridized carbons (Fsp3) is 0.217. The van der Waals surface area contributed by atoms with Crippen molar-refractivity contribution in [2.75, 3.05) is 10.6 Å². The van der Waals surface area contributed by atoms with Gasteiger partial charge >= 0.3 is 18.1 Å². The number of amides is 3. The maximum atomic E-state index is 14.8. The molecule has 3 amide bonds. The van der Waals surface area contributed by atoms with E-state index in [4.69, 9.17) is 0 Å². The topological polar surface area (TPSA) is 70.2 Å². The molecule has 0 aliphatic heterocycles. The number of alkyl halides is 5. The highest BCUT2D eigenvalue weighted by Crippen LogP contribution is 2.36. The van der Waals surface area contributed by atoms with Crippen LogP contribution >= 0.6 is 11.3 Å². The van der Waals surface area contributed by atoms with Gasteiger partial charge < -0.3 is 16.0 Å². The van der Waals surface area contributed by atoms with E-state index in [9.17, 15) is 31.5 Å². The standard InChI is InChI=1S/C23H20F5N3O2S/c1-13(2)29-20(32)22(24,25)15-6-7-18(14-8-9-34-12-14)19(11-15)31-21(33)30-17-5-3-4-16(10-17)23(26,27)28/h3-13H,1-2H3,(H,29,32)(H2,30,31,33). The van der Waals surface area contributed by atoms with Crippen LogP contribution in [0.2, 0.25) is 0 Å². The Kier molecular flexibility index (Phi) is 7.25. The van der Waals surface area contributed by atoms with Crippen molar-refractivity contribution in [2.45, 2.75) is 32.0 Å². The summed E-state index contributed by atoms with van der Waals surface area (Å²) in [4.78, 5) is 24.6. The highest BCUT2D eigenvalue weighted by atomic mass is 32.1. The summed E-state index contributed by atoms with van der Waals surface area (Å²) in [5, 5.41) is 10.3. The monoisotopic (exact) mass is 497 g/mol. The first-order valence-corrected chi connectivity index (χ1v) is 10.9. The van der Waals surface area contributed by atoms with E-state index < -0.39 is 41.2 Å². The van der Waals surface area contributed by atoms with Crippen LogP contribution in [0.15, 0.2) is 59.3 Å². The second kappa shape index (κ2) is 9.80. The summed E-state index contributed by atoms with van der Waals surface area (Å²) in [6, 6.07) is 7.64. The molecule has 0 saturated carbocycles. The van der Waals surface area contributed by atoms with Crippen LogP contribution in [0.3, 0.4) is 0 Å². The number of halogens is 5.